The SMILES string of the molecule is Cn1ccnc1CN1CCN(C(=O)C[C@H]2CCOC2)CC1. The number of hydrogen-bond donors (Lipinski definition) is 0. The first-order valence-corrected chi connectivity index (χ1v) is 7.76. The van der Waals surface area contributed by atoms with E-state index < -0.39 is 0 Å². The van der Waals surface area contributed by atoms with Crippen molar-refractivity contribution in [2.24, 2.45) is 13.0 Å². The summed E-state index contributed by atoms with van der Waals surface area (Å²) in [5.41, 5.74) is 0. The third-order valence-corrected chi connectivity index (χ3v) is 4.50. The zero-order valence-corrected chi connectivity index (χ0v) is 12.7. The molecule has 0 N–H and O–H groups in total. The molecule has 2 aliphatic heterocycles. The fraction of sp³-hybridized carbons (Fsp3) is 0.733. The van der Waals surface area contributed by atoms with Gasteiger partial charge in [0.2, 0.25) is 5.91 Å². The summed E-state index contributed by atoms with van der Waals surface area (Å²) >= 11 is 0. The summed E-state index contributed by atoms with van der Waals surface area (Å²) in [6.45, 7) is 5.95. The van der Waals surface area contributed by atoms with Crippen LogP contribution in [0.4, 0.5) is 0 Å². The summed E-state index contributed by atoms with van der Waals surface area (Å²) in [5.74, 6) is 1.81. The zero-order valence-electron chi connectivity index (χ0n) is 12.7. The van der Waals surface area contributed by atoms with E-state index in [9.17, 15) is 4.79 Å². The second kappa shape index (κ2) is 6.58. The molecule has 2 fully saturated rings. The summed E-state index contributed by atoms with van der Waals surface area (Å²) in [7, 11) is 2.02. The molecule has 6 heteroatoms. The predicted molar refractivity (Wildman–Crippen MR) is 78.6 cm³/mol. The van der Waals surface area contributed by atoms with Crippen LogP contribution in [0.1, 0.15) is 18.7 Å². The molecule has 1 amide bonds. The van der Waals surface area contributed by atoms with E-state index in [0.717, 1.165) is 58.2 Å². The van der Waals surface area contributed by atoms with Gasteiger partial charge in [-0.25, -0.2) is 4.98 Å². The average Bonchev–Trinajstić information content (AvgIpc) is 3.12. The zero-order chi connectivity index (χ0) is 14.7. The smallest absolute Gasteiger partial charge is 0.223 e. The second-order valence-electron chi connectivity index (χ2n) is 6.05. The molecule has 0 spiro atoms. The van der Waals surface area contributed by atoms with Crippen molar-refractivity contribution in [2.75, 3.05) is 39.4 Å². The maximum Gasteiger partial charge on any atom is 0.223 e. The monoisotopic (exact) mass is 292 g/mol. The van der Waals surface area contributed by atoms with Gasteiger partial charge in [0.25, 0.3) is 0 Å². The number of imidazole rings is 1. The Balaban J connectivity index is 1.44. The molecular weight excluding hydrogens is 268 g/mol. The highest BCUT2D eigenvalue weighted by atomic mass is 16.5. The number of carbonyl (C=O) groups is 1. The van der Waals surface area contributed by atoms with Crippen molar-refractivity contribution in [1.29, 1.82) is 0 Å². The summed E-state index contributed by atoms with van der Waals surface area (Å²) in [6.07, 6.45) is 5.49. The van der Waals surface area contributed by atoms with E-state index in [1.165, 1.54) is 0 Å². The number of aromatic nitrogens is 2. The van der Waals surface area contributed by atoms with Crippen molar-refractivity contribution in [3.05, 3.63) is 18.2 Å². The van der Waals surface area contributed by atoms with E-state index in [1.54, 1.807) is 0 Å². The third kappa shape index (κ3) is 3.63. The van der Waals surface area contributed by atoms with Gasteiger partial charge in [0.1, 0.15) is 5.82 Å². The van der Waals surface area contributed by atoms with Crippen LogP contribution in [0.3, 0.4) is 0 Å². The van der Waals surface area contributed by atoms with Crippen LogP contribution in [-0.2, 0) is 23.1 Å². The lowest BCUT2D eigenvalue weighted by molar-refractivity contribution is -0.134. The fourth-order valence-corrected chi connectivity index (χ4v) is 3.02. The molecule has 116 valence electrons. The first kappa shape index (κ1) is 14.5. The molecule has 0 saturated carbocycles. The van der Waals surface area contributed by atoms with Crippen LogP contribution in [0.5, 0.6) is 0 Å². The molecule has 0 unspecified atom stereocenters. The maximum absolute atomic E-state index is 12.3. The largest absolute Gasteiger partial charge is 0.381 e. The summed E-state index contributed by atoms with van der Waals surface area (Å²) in [4.78, 5) is 21.0. The Morgan fingerprint density at radius 2 is 2.19 bits per heavy atom. The van der Waals surface area contributed by atoms with Crippen LogP contribution >= 0.6 is 0 Å². The molecule has 0 bridgehead atoms. The average molecular weight is 292 g/mol. The molecule has 2 saturated heterocycles. The lowest BCUT2D eigenvalue weighted by Gasteiger charge is -2.35. The standard InChI is InChI=1S/C15H24N4O2/c1-17-4-3-16-14(17)11-18-5-7-19(8-6-18)15(20)10-13-2-9-21-12-13/h3-4,13H,2,5-12H2,1H3/t13-/m1/s1. The Hall–Kier alpha value is -1.40. The van der Waals surface area contributed by atoms with Crippen LogP contribution in [-0.4, -0.2) is 64.7 Å². The summed E-state index contributed by atoms with van der Waals surface area (Å²) in [6, 6.07) is 0. The lowest BCUT2D eigenvalue weighted by atomic mass is 10.0. The van der Waals surface area contributed by atoms with Crippen LogP contribution in [0.2, 0.25) is 0 Å². The van der Waals surface area contributed by atoms with Crippen LogP contribution in [0.15, 0.2) is 12.4 Å². The van der Waals surface area contributed by atoms with Gasteiger partial charge in [-0.3, -0.25) is 9.69 Å². The molecule has 0 radical (unpaired) electrons. The Kier molecular flexibility index (Phi) is 4.55. The second-order valence-corrected chi connectivity index (χ2v) is 6.05. The van der Waals surface area contributed by atoms with E-state index in [4.69, 9.17) is 4.74 Å². The Labute approximate surface area is 125 Å². The summed E-state index contributed by atoms with van der Waals surface area (Å²) < 4.78 is 7.40. The molecule has 6 nitrogen and oxygen atoms in total. The van der Waals surface area contributed by atoms with Crippen molar-refractivity contribution in [3.63, 3.8) is 0 Å². The molecule has 3 rings (SSSR count). The first-order valence-electron chi connectivity index (χ1n) is 7.76. The lowest BCUT2D eigenvalue weighted by Crippen LogP contribution is -2.48. The van der Waals surface area contributed by atoms with Crippen molar-refractivity contribution >= 4 is 5.91 Å². The quantitative estimate of drug-likeness (QED) is 0.810. The highest BCUT2D eigenvalue weighted by molar-refractivity contribution is 5.76. The number of piperazine rings is 1. The van der Waals surface area contributed by atoms with Gasteiger partial charge in [-0.2, -0.15) is 0 Å². The van der Waals surface area contributed by atoms with Crippen LogP contribution in [0.25, 0.3) is 0 Å². The number of amides is 1. The highest BCUT2D eigenvalue weighted by Crippen LogP contribution is 2.18. The van der Waals surface area contributed by atoms with Gasteiger partial charge in [0, 0.05) is 65.3 Å². The molecule has 1 aromatic rings. The molecule has 0 aliphatic carbocycles. The van der Waals surface area contributed by atoms with Gasteiger partial charge >= 0.3 is 0 Å². The number of nitrogens with zero attached hydrogens (tertiary/aromatic N) is 4. The van der Waals surface area contributed by atoms with Gasteiger partial charge in [-0.1, -0.05) is 0 Å². The van der Waals surface area contributed by atoms with E-state index >= 15 is 0 Å². The van der Waals surface area contributed by atoms with Gasteiger partial charge in [-0.15, -0.1) is 0 Å². The van der Waals surface area contributed by atoms with Crippen LogP contribution < -0.4 is 0 Å². The number of rotatable bonds is 4. The molecule has 2 aliphatic rings. The van der Waals surface area contributed by atoms with Crippen molar-refractivity contribution in [3.8, 4) is 0 Å². The van der Waals surface area contributed by atoms with E-state index in [-0.39, 0.29) is 0 Å². The Morgan fingerprint density at radius 1 is 1.38 bits per heavy atom. The molecular formula is C15H24N4O2. The topological polar surface area (TPSA) is 50.6 Å². The Bertz CT molecular complexity index is 474. The van der Waals surface area contributed by atoms with Gasteiger partial charge in [0.05, 0.1) is 6.54 Å². The third-order valence-electron chi connectivity index (χ3n) is 4.50. The number of aryl methyl sites for hydroxylation is 1. The van der Waals surface area contributed by atoms with Crippen molar-refractivity contribution in [2.45, 2.75) is 19.4 Å². The predicted octanol–water partition coefficient (Wildman–Crippen LogP) is 0.491. The normalized spacial score (nSPS) is 23.7. The highest BCUT2D eigenvalue weighted by Gasteiger charge is 2.25. The van der Waals surface area contributed by atoms with E-state index in [2.05, 4.69) is 14.5 Å². The number of carbonyl (C=O) groups excluding carboxylic acids is 1. The minimum absolute atomic E-state index is 0.294. The molecule has 3 heterocycles. The van der Waals surface area contributed by atoms with Gasteiger partial charge in [-0.05, 0) is 12.3 Å². The summed E-state index contributed by atoms with van der Waals surface area (Å²) in [5, 5.41) is 0. The fourth-order valence-electron chi connectivity index (χ4n) is 3.02. The first-order chi connectivity index (χ1) is 10.2. The molecule has 1 aromatic heterocycles. The van der Waals surface area contributed by atoms with E-state index in [0.29, 0.717) is 18.2 Å². The van der Waals surface area contributed by atoms with Crippen molar-refractivity contribution < 1.29 is 9.53 Å². The molecule has 1 atom stereocenters. The number of ether oxygens (including phenoxy) is 1. The minimum Gasteiger partial charge on any atom is -0.381 e. The van der Waals surface area contributed by atoms with Gasteiger partial charge in [0.15, 0.2) is 0 Å². The maximum atomic E-state index is 12.3. The minimum atomic E-state index is 0.294. The van der Waals surface area contributed by atoms with Crippen molar-refractivity contribution in [1.82, 2.24) is 19.4 Å². The Morgan fingerprint density at radius 3 is 2.81 bits per heavy atom. The van der Waals surface area contributed by atoms with Crippen LogP contribution in [0, 0.1) is 5.92 Å². The molecule has 0 aromatic carbocycles. The number of hydrogen-bond acceptors (Lipinski definition) is 4. The van der Waals surface area contributed by atoms with E-state index in [1.807, 2.05) is 24.3 Å². The van der Waals surface area contributed by atoms with Gasteiger partial charge < -0.3 is 14.2 Å². The molecule has 21 heavy (non-hydrogen) atoms.